The van der Waals surface area contributed by atoms with E-state index in [0.717, 1.165) is 17.6 Å². The zero-order chi connectivity index (χ0) is 14.1. The molecule has 1 aromatic carbocycles. The Bertz CT molecular complexity index is 652. The van der Waals surface area contributed by atoms with Gasteiger partial charge in [0, 0.05) is 22.2 Å². The Labute approximate surface area is 121 Å². The van der Waals surface area contributed by atoms with Crippen LogP contribution in [0.5, 0.6) is 0 Å². The molecule has 2 aliphatic rings. The summed E-state index contributed by atoms with van der Waals surface area (Å²) in [4.78, 5) is 17.0. The lowest BCUT2D eigenvalue weighted by molar-refractivity contribution is -0.114. The number of hydrogen-bond donors (Lipinski definition) is 0. The minimum absolute atomic E-state index is 0.220. The molecule has 0 bridgehead atoms. The number of benzene rings is 1. The fraction of sp³-hybridized carbons (Fsp3) is 0.286. The van der Waals surface area contributed by atoms with Crippen LogP contribution in [-0.4, -0.2) is 17.7 Å². The zero-order valence-corrected chi connectivity index (χ0v) is 11.5. The summed E-state index contributed by atoms with van der Waals surface area (Å²) >= 11 is 6.21. The number of oxime groups is 1. The van der Waals surface area contributed by atoms with E-state index in [2.05, 4.69) is 15.4 Å². The lowest BCUT2D eigenvalue weighted by Crippen LogP contribution is -2.16. The molecule has 0 saturated carbocycles. The zero-order valence-electron chi connectivity index (χ0n) is 10.8. The Hall–Kier alpha value is -2.01. The third-order valence-electron chi connectivity index (χ3n) is 3.30. The highest BCUT2D eigenvalue weighted by molar-refractivity contribution is 6.32. The van der Waals surface area contributed by atoms with E-state index in [0.29, 0.717) is 10.7 Å². The summed E-state index contributed by atoms with van der Waals surface area (Å²) in [6.45, 7) is 1.97. The Morgan fingerprint density at radius 2 is 2.15 bits per heavy atom. The highest BCUT2D eigenvalue weighted by Crippen LogP contribution is 2.35. The largest absolute Gasteiger partial charge is 0.387 e. The first kappa shape index (κ1) is 13.0. The molecule has 3 rings (SSSR count). The van der Waals surface area contributed by atoms with E-state index in [1.165, 1.54) is 6.08 Å². The molecule has 102 valence electrons. The molecule has 2 heterocycles. The maximum Gasteiger partial charge on any atom is 0.288 e. The summed E-state index contributed by atoms with van der Waals surface area (Å²) in [6, 6.07) is 6.82. The number of carbonyl (C=O) groups excluding carboxylic acids is 1. The number of nitrogens with zero attached hydrogens (tertiary/aromatic N) is 3. The van der Waals surface area contributed by atoms with Gasteiger partial charge in [0.2, 0.25) is 0 Å². The molecule has 0 saturated heterocycles. The van der Waals surface area contributed by atoms with Crippen LogP contribution in [0, 0.1) is 0 Å². The molecule has 2 atom stereocenters. The number of amides is 1. The van der Waals surface area contributed by atoms with Crippen molar-refractivity contribution in [3.8, 4) is 0 Å². The van der Waals surface area contributed by atoms with Crippen LogP contribution in [0.1, 0.15) is 24.9 Å². The maximum absolute atomic E-state index is 11.7. The topological polar surface area (TPSA) is 63.4 Å². The molecule has 0 radical (unpaired) electrons. The first-order valence-electron chi connectivity index (χ1n) is 6.35. The van der Waals surface area contributed by atoms with Gasteiger partial charge in [-0.25, -0.2) is 0 Å². The molecular weight excluding hydrogens is 278 g/mol. The highest BCUT2D eigenvalue weighted by atomic mass is 35.5. The molecule has 0 aromatic heterocycles. The van der Waals surface area contributed by atoms with E-state index in [1.807, 2.05) is 25.1 Å². The van der Waals surface area contributed by atoms with Crippen LogP contribution in [0.3, 0.4) is 0 Å². The summed E-state index contributed by atoms with van der Waals surface area (Å²) in [5.74, 6) is -0.397. The maximum atomic E-state index is 11.7. The molecule has 0 spiro atoms. The van der Waals surface area contributed by atoms with Crippen LogP contribution < -0.4 is 0 Å². The molecular formula is C14H12ClN3O2. The highest BCUT2D eigenvalue weighted by Gasteiger charge is 2.35. The first-order chi connectivity index (χ1) is 9.70. The smallest absolute Gasteiger partial charge is 0.288 e. The third-order valence-corrected chi connectivity index (χ3v) is 3.65. The molecule has 6 heteroatoms. The monoisotopic (exact) mass is 289 g/mol. The normalized spacial score (nSPS) is 24.6. The molecule has 1 aromatic rings. The molecule has 2 unspecified atom stereocenters. The number of azo groups is 1. The molecule has 2 aliphatic heterocycles. The van der Waals surface area contributed by atoms with E-state index < -0.39 is 11.9 Å². The Kier molecular flexibility index (Phi) is 3.36. The van der Waals surface area contributed by atoms with Gasteiger partial charge in [0.1, 0.15) is 11.8 Å². The second-order valence-corrected chi connectivity index (χ2v) is 4.96. The van der Waals surface area contributed by atoms with E-state index in [-0.39, 0.29) is 6.10 Å². The predicted octanol–water partition coefficient (Wildman–Crippen LogP) is 3.46. The van der Waals surface area contributed by atoms with Crippen molar-refractivity contribution in [3.05, 3.63) is 46.5 Å². The van der Waals surface area contributed by atoms with Gasteiger partial charge in [0.15, 0.2) is 6.10 Å². The van der Waals surface area contributed by atoms with E-state index in [1.54, 1.807) is 6.07 Å². The number of rotatable bonds is 2. The molecule has 0 N–H and O–H groups in total. The first-order valence-corrected chi connectivity index (χ1v) is 6.73. The molecule has 5 nitrogen and oxygen atoms in total. The molecule has 1 amide bonds. The molecule has 20 heavy (non-hydrogen) atoms. The minimum Gasteiger partial charge on any atom is -0.387 e. The Balaban J connectivity index is 2.09. The van der Waals surface area contributed by atoms with Crippen LogP contribution in [0.4, 0.5) is 0 Å². The van der Waals surface area contributed by atoms with Crippen LogP contribution in [-0.2, 0) is 9.63 Å². The third kappa shape index (κ3) is 2.14. The van der Waals surface area contributed by atoms with Crippen molar-refractivity contribution in [1.82, 2.24) is 0 Å². The van der Waals surface area contributed by atoms with Crippen molar-refractivity contribution >= 4 is 23.2 Å². The van der Waals surface area contributed by atoms with E-state index >= 15 is 0 Å². The lowest BCUT2D eigenvalue weighted by Gasteiger charge is -2.12. The fourth-order valence-electron chi connectivity index (χ4n) is 2.30. The van der Waals surface area contributed by atoms with Crippen molar-refractivity contribution in [2.75, 3.05) is 0 Å². The van der Waals surface area contributed by atoms with Crippen LogP contribution >= 0.6 is 11.6 Å². The van der Waals surface area contributed by atoms with Gasteiger partial charge in [-0.3, -0.25) is 4.79 Å². The van der Waals surface area contributed by atoms with E-state index in [9.17, 15) is 4.79 Å². The lowest BCUT2D eigenvalue weighted by atomic mass is 9.93. The number of fused-ring (bicyclic) bond motifs is 1. The number of carbonyl (C=O) groups is 1. The fourth-order valence-corrected chi connectivity index (χ4v) is 2.54. The molecule has 0 aliphatic carbocycles. The summed E-state index contributed by atoms with van der Waals surface area (Å²) in [5, 5.41) is 12.4. The number of halogens is 1. The Morgan fingerprint density at radius 1 is 1.35 bits per heavy atom. The van der Waals surface area contributed by atoms with Gasteiger partial charge < -0.3 is 4.84 Å². The minimum atomic E-state index is -0.502. The SMILES string of the molecule is CCC1ON=C2C1=CC(=O)N=NC2c1ccccc1Cl. The van der Waals surface area contributed by atoms with Gasteiger partial charge in [0.25, 0.3) is 5.91 Å². The van der Waals surface area contributed by atoms with Gasteiger partial charge >= 0.3 is 0 Å². The molecule has 0 fully saturated rings. The summed E-state index contributed by atoms with van der Waals surface area (Å²) in [6.07, 6.45) is 1.95. The van der Waals surface area contributed by atoms with Crippen LogP contribution in [0.2, 0.25) is 5.02 Å². The standard InChI is InChI=1S/C14H12ClN3O2/c1-2-11-9-7-12(19)16-17-13(14(9)18-20-11)8-5-3-4-6-10(8)15/h3-7,11,13H,2H2,1H3. The quantitative estimate of drug-likeness (QED) is 0.837. The number of hydrogen-bond acceptors (Lipinski definition) is 4. The van der Waals surface area contributed by atoms with Gasteiger partial charge in [-0.05, 0) is 12.5 Å². The van der Waals surface area contributed by atoms with Crippen LogP contribution in [0.25, 0.3) is 0 Å². The Morgan fingerprint density at radius 3 is 2.90 bits per heavy atom. The van der Waals surface area contributed by atoms with Crippen molar-refractivity contribution in [2.45, 2.75) is 25.5 Å². The summed E-state index contributed by atoms with van der Waals surface area (Å²) < 4.78 is 0. The van der Waals surface area contributed by atoms with E-state index in [4.69, 9.17) is 16.4 Å². The van der Waals surface area contributed by atoms with Crippen molar-refractivity contribution < 1.29 is 9.63 Å². The van der Waals surface area contributed by atoms with Crippen molar-refractivity contribution in [3.63, 3.8) is 0 Å². The average Bonchev–Trinajstić information content (AvgIpc) is 2.76. The van der Waals surface area contributed by atoms with Gasteiger partial charge in [-0.2, -0.15) is 5.11 Å². The van der Waals surface area contributed by atoms with Crippen molar-refractivity contribution in [2.24, 2.45) is 15.4 Å². The van der Waals surface area contributed by atoms with Gasteiger partial charge in [-0.15, -0.1) is 5.11 Å². The summed E-state index contributed by atoms with van der Waals surface area (Å²) in [7, 11) is 0. The second-order valence-electron chi connectivity index (χ2n) is 4.56. The van der Waals surface area contributed by atoms with Crippen molar-refractivity contribution in [1.29, 1.82) is 0 Å². The second kappa shape index (κ2) is 5.17. The average molecular weight is 290 g/mol. The van der Waals surface area contributed by atoms with Crippen LogP contribution in [0.15, 0.2) is 51.3 Å². The predicted molar refractivity (Wildman–Crippen MR) is 74.7 cm³/mol. The van der Waals surface area contributed by atoms with Gasteiger partial charge in [0.05, 0.1) is 0 Å². The van der Waals surface area contributed by atoms with Gasteiger partial charge in [-0.1, -0.05) is 41.9 Å². The summed E-state index contributed by atoms with van der Waals surface area (Å²) in [5.41, 5.74) is 2.12.